The van der Waals surface area contributed by atoms with Gasteiger partial charge in [-0.25, -0.2) is 0 Å². The normalized spacial score (nSPS) is 9.96. The maximum Gasteiger partial charge on any atom is 1.00 e. The molecule has 1 rings (SSSR count). The number of carbonyl (C=O) groups excluding carboxylic acids is 1. The van der Waals surface area contributed by atoms with Crippen LogP contribution in [0.25, 0.3) is 0 Å². The number of rotatable bonds is 12. The van der Waals surface area contributed by atoms with Crippen LogP contribution in [-0.2, 0) is 11.2 Å². The summed E-state index contributed by atoms with van der Waals surface area (Å²) in [7, 11) is 0. The molecule has 0 aliphatic heterocycles. The Bertz CT molecular complexity index is 451. The number of aryl methyl sites for hydroxylation is 1. The number of hydrogen-bond acceptors (Lipinski definition) is 1. The first-order chi connectivity index (χ1) is 10.8. The number of para-hydroxylation sites is 1. The minimum Gasteiger partial charge on any atom is -1.00 e. The molecule has 0 unspecified atom stereocenters. The third kappa shape index (κ3) is 10.8. The van der Waals surface area contributed by atoms with Crippen LogP contribution in [0.15, 0.2) is 36.9 Å². The number of hydrogen-bond donors (Lipinski definition) is 1. The van der Waals surface area contributed by atoms with Crippen LogP contribution in [0.4, 0.5) is 5.69 Å². The van der Waals surface area contributed by atoms with Gasteiger partial charge in [0.25, 0.3) is 0 Å². The maximum absolute atomic E-state index is 11.4. The van der Waals surface area contributed by atoms with Crippen molar-refractivity contribution in [3.8, 4) is 0 Å². The van der Waals surface area contributed by atoms with E-state index in [4.69, 9.17) is 0 Å². The Kier molecular flexibility index (Phi) is 14.6. The Labute approximate surface area is 165 Å². The second-order valence-electron chi connectivity index (χ2n) is 5.93. The van der Waals surface area contributed by atoms with Crippen molar-refractivity contribution >= 4 is 11.6 Å². The van der Waals surface area contributed by atoms with E-state index in [0.29, 0.717) is 0 Å². The Balaban J connectivity index is 0. The van der Waals surface area contributed by atoms with Crippen molar-refractivity contribution < 1.29 is 35.8 Å². The van der Waals surface area contributed by atoms with Gasteiger partial charge in [-0.05, 0) is 30.5 Å². The smallest absolute Gasteiger partial charge is 1.00 e. The molecule has 1 aromatic rings. The average Bonchev–Trinajstić information content (AvgIpc) is 2.54. The van der Waals surface area contributed by atoms with Gasteiger partial charge in [0.2, 0.25) is 5.91 Å². The second kappa shape index (κ2) is 15.0. The summed E-state index contributed by atoms with van der Waals surface area (Å²) in [5.41, 5.74) is 2.15. The molecule has 0 bridgehead atoms. The standard InChI is InChI=1S/C20H31NO.Na.H/c1-3-5-6-7-8-9-10-11-12-15-18-16-13-14-17-19(18)21-20(22)4-2;;/h4,13-14,16-17H,2-3,5-12,15H2,1H3,(H,21,22);;/q;+1;-1. The van der Waals surface area contributed by atoms with Gasteiger partial charge in [0.1, 0.15) is 0 Å². The molecule has 0 heterocycles. The predicted octanol–water partition coefficient (Wildman–Crippen LogP) is 3.00. The molecule has 0 spiro atoms. The fourth-order valence-corrected chi connectivity index (χ4v) is 2.67. The number of anilines is 1. The van der Waals surface area contributed by atoms with Gasteiger partial charge < -0.3 is 6.74 Å². The summed E-state index contributed by atoms with van der Waals surface area (Å²) in [6.07, 6.45) is 14.4. The molecule has 0 aromatic heterocycles. The van der Waals surface area contributed by atoms with Crippen molar-refractivity contribution in [2.24, 2.45) is 0 Å². The minimum atomic E-state index is -0.139. The molecule has 1 N–H and O–H groups in total. The zero-order chi connectivity index (χ0) is 16.0. The molecule has 0 atom stereocenters. The number of nitrogens with one attached hydrogen (secondary N) is 1. The fraction of sp³-hybridized carbons (Fsp3) is 0.550. The van der Waals surface area contributed by atoms with Crippen LogP contribution < -0.4 is 34.9 Å². The zero-order valence-corrected chi connectivity index (χ0v) is 17.1. The molecule has 1 amide bonds. The molecule has 0 radical (unpaired) electrons. The fourth-order valence-electron chi connectivity index (χ4n) is 2.67. The SMILES string of the molecule is C=CC(=O)Nc1ccccc1CCCCCCCCCCC.[H-].[Na+]. The first kappa shape index (κ1) is 22.4. The predicted molar refractivity (Wildman–Crippen MR) is 97.3 cm³/mol. The summed E-state index contributed by atoms with van der Waals surface area (Å²) in [5, 5.41) is 2.88. The summed E-state index contributed by atoms with van der Waals surface area (Å²) < 4.78 is 0. The van der Waals surface area contributed by atoms with Crippen LogP contribution in [0, 0.1) is 0 Å². The van der Waals surface area contributed by atoms with Gasteiger partial charge in [-0.3, -0.25) is 4.79 Å². The number of amides is 1. The third-order valence-electron chi connectivity index (χ3n) is 4.01. The van der Waals surface area contributed by atoms with Crippen molar-refractivity contribution in [2.45, 2.75) is 71.1 Å². The van der Waals surface area contributed by atoms with Crippen LogP contribution in [-0.4, -0.2) is 5.91 Å². The van der Waals surface area contributed by atoms with Gasteiger partial charge in [-0.15, -0.1) is 0 Å². The molecule has 0 aliphatic rings. The largest absolute Gasteiger partial charge is 1.00 e. The van der Waals surface area contributed by atoms with E-state index in [9.17, 15) is 4.79 Å². The first-order valence-corrected chi connectivity index (χ1v) is 8.79. The zero-order valence-electron chi connectivity index (χ0n) is 16.1. The summed E-state index contributed by atoms with van der Waals surface area (Å²) >= 11 is 0. The Morgan fingerprint density at radius 3 is 2.22 bits per heavy atom. The summed E-state index contributed by atoms with van der Waals surface area (Å²) in [6, 6.07) is 8.05. The van der Waals surface area contributed by atoms with Gasteiger partial charge in [-0.2, -0.15) is 0 Å². The van der Waals surface area contributed by atoms with Gasteiger partial charge >= 0.3 is 29.6 Å². The van der Waals surface area contributed by atoms with Crippen LogP contribution in [0.1, 0.15) is 71.7 Å². The van der Waals surface area contributed by atoms with E-state index < -0.39 is 0 Å². The van der Waals surface area contributed by atoms with E-state index in [1.54, 1.807) is 0 Å². The van der Waals surface area contributed by atoms with Crippen molar-refractivity contribution in [3.63, 3.8) is 0 Å². The van der Waals surface area contributed by atoms with Crippen molar-refractivity contribution in [3.05, 3.63) is 42.5 Å². The van der Waals surface area contributed by atoms with Crippen molar-refractivity contribution in [1.29, 1.82) is 0 Å². The molecule has 0 saturated heterocycles. The van der Waals surface area contributed by atoms with Gasteiger partial charge in [-0.1, -0.05) is 83.1 Å². The maximum atomic E-state index is 11.4. The Morgan fingerprint density at radius 1 is 1.04 bits per heavy atom. The van der Waals surface area contributed by atoms with Gasteiger partial charge in [0, 0.05) is 5.69 Å². The van der Waals surface area contributed by atoms with Crippen molar-refractivity contribution in [2.75, 3.05) is 5.32 Å². The first-order valence-electron chi connectivity index (χ1n) is 8.79. The molecular weight excluding hydrogens is 293 g/mol. The average molecular weight is 325 g/mol. The molecular formula is C20H32NNaO. The molecule has 2 nitrogen and oxygen atoms in total. The quantitative estimate of drug-likeness (QED) is 0.357. The molecule has 0 aliphatic carbocycles. The second-order valence-corrected chi connectivity index (χ2v) is 5.93. The van der Waals surface area contributed by atoms with Gasteiger partial charge in [0.15, 0.2) is 0 Å². The summed E-state index contributed by atoms with van der Waals surface area (Å²) in [4.78, 5) is 11.4. The summed E-state index contributed by atoms with van der Waals surface area (Å²) in [6.45, 7) is 5.76. The number of unbranched alkanes of at least 4 members (excludes halogenated alkanes) is 8. The van der Waals surface area contributed by atoms with Crippen LogP contribution in [0.5, 0.6) is 0 Å². The molecule has 124 valence electrons. The summed E-state index contributed by atoms with van der Waals surface area (Å²) in [5.74, 6) is -0.139. The molecule has 0 saturated carbocycles. The molecule has 3 heteroatoms. The Morgan fingerprint density at radius 2 is 1.61 bits per heavy atom. The van der Waals surface area contributed by atoms with Crippen molar-refractivity contribution in [1.82, 2.24) is 0 Å². The van der Waals surface area contributed by atoms with E-state index in [1.165, 1.54) is 69.4 Å². The van der Waals surface area contributed by atoms with E-state index in [0.717, 1.165) is 12.1 Å². The monoisotopic (exact) mass is 325 g/mol. The Hall–Kier alpha value is -0.570. The number of benzene rings is 1. The van der Waals surface area contributed by atoms with Crippen LogP contribution >= 0.6 is 0 Å². The van der Waals surface area contributed by atoms with E-state index in [-0.39, 0.29) is 36.9 Å². The molecule has 0 fully saturated rings. The van der Waals surface area contributed by atoms with Gasteiger partial charge in [0.05, 0.1) is 0 Å². The van der Waals surface area contributed by atoms with Crippen LogP contribution in [0.3, 0.4) is 0 Å². The van der Waals surface area contributed by atoms with E-state index >= 15 is 0 Å². The van der Waals surface area contributed by atoms with E-state index in [1.807, 2.05) is 18.2 Å². The third-order valence-corrected chi connectivity index (χ3v) is 4.01. The topological polar surface area (TPSA) is 29.1 Å². The van der Waals surface area contributed by atoms with Crippen LogP contribution in [0.2, 0.25) is 0 Å². The molecule has 1 aromatic carbocycles. The number of carbonyl (C=O) groups is 1. The van der Waals surface area contributed by atoms with E-state index in [2.05, 4.69) is 24.9 Å². The minimum absolute atomic E-state index is 0. The molecule has 23 heavy (non-hydrogen) atoms.